The quantitative estimate of drug-likeness (QED) is 0.300. The minimum atomic E-state index is -0.854. The SMILES string of the molecule is CNC(=O)[C@@H](Cc1ccccc1)N(Cc1ccccc1F)C(=O)COc1ccc2ccccc2c1Br. The molecule has 0 fully saturated rings. The van der Waals surface area contributed by atoms with Crippen molar-refractivity contribution in [1.82, 2.24) is 10.2 Å². The third-order valence-electron chi connectivity index (χ3n) is 6.00. The van der Waals surface area contributed by atoms with Crippen molar-refractivity contribution in [1.29, 1.82) is 0 Å². The van der Waals surface area contributed by atoms with Gasteiger partial charge in [-0.1, -0.05) is 78.9 Å². The number of ether oxygens (including phenoxy) is 1. The summed E-state index contributed by atoms with van der Waals surface area (Å²) in [4.78, 5) is 27.9. The zero-order valence-corrected chi connectivity index (χ0v) is 21.4. The molecule has 7 heteroatoms. The van der Waals surface area contributed by atoms with Gasteiger partial charge in [0.25, 0.3) is 5.91 Å². The molecule has 0 aliphatic rings. The van der Waals surface area contributed by atoms with Crippen LogP contribution in [-0.4, -0.2) is 36.4 Å². The van der Waals surface area contributed by atoms with Crippen LogP contribution in [-0.2, 0) is 22.6 Å². The normalized spacial score (nSPS) is 11.6. The average Bonchev–Trinajstić information content (AvgIpc) is 2.91. The summed E-state index contributed by atoms with van der Waals surface area (Å²) in [5, 5.41) is 4.64. The van der Waals surface area contributed by atoms with E-state index in [1.54, 1.807) is 24.3 Å². The van der Waals surface area contributed by atoms with Gasteiger partial charge < -0.3 is 15.0 Å². The third-order valence-corrected chi connectivity index (χ3v) is 6.81. The first-order valence-electron chi connectivity index (χ1n) is 11.6. The van der Waals surface area contributed by atoms with Crippen LogP contribution in [0.5, 0.6) is 5.75 Å². The van der Waals surface area contributed by atoms with Gasteiger partial charge in [0.15, 0.2) is 6.61 Å². The minimum Gasteiger partial charge on any atom is -0.483 e. The maximum absolute atomic E-state index is 14.6. The van der Waals surface area contributed by atoms with Gasteiger partial charge in [0.05, 0.1) is 4.47 Å². The van der Waals surface area contributed by atoms with Gasteiger partial charge in [-0.15, -0.1) is 0 Å². The summed E-state index contributed by atoms with van der Waals surface area (Å²) >= 11 is 3.58. The first-order valence-corrected chi connectivity index (χ1v) is 12.4. The second-order valence-corrected chi connectivity index (χ2v) is 9.11. The number of hydrogen-bond acceptors (Lipinski definition) is 3. The summed E-state index contributed by atoms with van der Waals surface area (Å²) in [5.41, 5.74) is 1.20. The second-order valence-electron chi connectivity index (χ2n) is 8.32. The Kier molecular flexibility index (Phi) is 8.33. The van der Waals surface area contributed by atoms with Crippen molar-refractivity contribution in [3.63, 3.8) is 0 Å². The third kappa shape index (κ3) is 5.91. The molecule has 0 spiro atoms. The van der Waals surface area contributed by atoms with E-state index in [2.05, 4.69) is 21.2 Å². The van der Waals surface area contributed by atoms with Gasteiger partial charge in [-0.25, -0.2) is 4.39 Å². The fourth-order valence-corrected chi connectivity index (χ4v) is 4.69. The average molecular weight is 549 g/mol. The van der Waals surface area contributed by atoms with Gasteiger partial charge >= 0.3 is 0 Å². The lowest BCUT2D eigenvalue weighted by Crippen LogP contribution is -2.51. The van der Waals surface area contributed by atoms with E-state index in [1.807, 2.05) is 60.7 Å². The first-order chi connectivity index (χ1) is 17.5. The molecule has 0 heterocycles. The molecule has 184 valence electrons. The molecular weight excluding hydrogens is 523 g/mol. The summed E-state index contributed by atoms with van der Waals surface area (Å²) in [5.74, 6) is -0.699. The number of hydrogen-bond donors (Lipinski definition) is 1. The predicted octanol–water partition coefficient (Wildman–Crippen LogP) is 5.51. The number of rotatable bonds is 9. The molecule has 0 radical (unpaired) electrons. The second kappa shape index (κ2) is 11.8. The van der Waals surface area contributed by atoms with Crippen LogP contribution in [0, 0.1) is 5.82 Å². The number of nitrogens with one attached hydrogen (secondary N) is 1. The molecule has 0 aliphatic heterocycles. The summed E-state index contributed by atoms with van der Waals surface area (Å²) in [6.07, 6.45) is 0.278. The van der Waals surface area contributed by atoms with Crippen LogP contribution in [0.25, 0.3) is 10.8 Å². The summed E-state index contributed by atoms with van der Waals surface area (Å²) < 4.78 is 21.2. The molecule has 1 N–H and O–H groups in total. The molecule has 4 aromatic carbocycles. The van der Waals surface area contributed by atoms with E-state index in [0.29, 0.717) is 11.3 Å². The molecule has 36 heavy (non-hydrogen) atoms. The molecule has 0 saturated heterocycles. The van der Waals surface area contributed by atoms with Crippen LogP contribution in [0.1, 0.15) is 11.1 Å². The maximum atomic E-state index is 14.6. The van der Waals surface area contributed by atoms with E-state index in [4.69, 9.17) is 4.74 Å². The molecule has 0 aliphatic carbocycles. The van der Waals surface area contributed by atoms with Gasteiger partial charge in [0.1, 0.15) is 17.6 Å². The van der Waals surface area contributed by atoms with Crippen LogP contribution in [0.15, 0.2) is 95.5 Å². The molecule has 4 rings (SSSR count). The largest absolute Gasteiger partial charge is 0.483 e. The highest BCUT2D eigenvalue weighted by molar-refractivity contribution is 9.10. The minimum absolute atomic E-state index is 0.0708. The van der Waals surface area contributed by atoms with Gasteiger partial charge in [-0.2, -0.15) is 0 Å². The number of halogens is 2. The van der Waals surface area contributed by atoms with Crippen LogP contribution in [0.2, 0.25) is 0 Å². The standard InChI is InChI=1S/C29H26BrFN2O3/c1-32-29(35)25(17-20-9-3-2-4-10-20)33(18-22-12-6-8-14-24(22)31)27(34)19-36-26-16-15-21-11-5-7-13-23(21)28(26)30/h2-16,25H,17-19H2,1H3,(H,32,35)/t25-/m1/s1. The molecule has 2 amide bonds. The molecular formula is C29H26BrFN2O3. The van der Waals surface area contributed by atoms with Crippen molar-refractivity contribution in [2.24, 2.45) is 0 Å². The van der Waals surface area contributed by atoms with Crippen molar-refractivity contribution in [3.05, 3.63) is 112 Å². The van der Waals surface area contributed by atoms with Crippen LogP contribution in [0.4, 0.5) is 4.39 Å². The Morgan fingerprint density at radius 3 is 2.39 bits per heavy atom. The fraction of sp³-hybridized carbons (Fsp3) is 0.172. The van der Waals surface area contributed by atoms with E-state index < -0.39 is 17.8 Å². The molecule has 0 unspecified atom stereocenters. The number of fused-ring (bicyclic) bond motifs is 1. The number of carbonyl (C=O) groups excluding carboxylic acids is 2. The summed E-state index contributed by atoms with van der Waals surface area (Å²) in [6.45, 7) is -0.383. The molecule has 0 saturated carbocycles. The number of carbonyl (C=O) groups is 2. The van der Waals surface area contributed by atoms with E-state index >= 15 is 0 Å². The fourth-order valence-electron chi connectivity index (χ4n) is 4.08. The zero-order chi connectivity index (χ0) is 25.5. The Bertz CT molecular complexity index is 1360. The molecule has 1 atom stereocenters. The topological polar surface area (TPSA) is 58.6 Å². The Morgan fingerprint density at radius 1 is 0.944 bits per heavy atom. The van der Waals surface area contributed by atoms with Crippen molar-refractivity contribution >= 4 is 38.5 Å². The highest BCUT2D eigenvalue weighted by atomic mass is 79.9. The van der Waals surface area contributed by atoms with Crippen molar-refractivity contribution < 1.29 is 18.7 Å². The van der Waals surface area contributed by atoms with Gasteiger partial charge in [0, 0.05) is 25.6 Å². The maximum Gasteiger partial charge on any atom is 0.261 e. The van der Waals surface area contributed by atoms with Gasteiger partial charge in [-0.3, -0.25) is 9.59 Å². The molecule has 4 aromatic rings. The summed E-state index contributed by atoms with van der Waals surface area (Å²) in [7, 11) is 1.52. The van der Waals surface area contributed by atoms with E-state index in [1.165, 1.54) is 18.0 Å². The Labute approximate surface area is 218 Å². The van der Waals surface area contributed by atoms with E-state index in [-0.39, 0.29) is 25.5 Å². The molecule has 0 bridgehead atoms. The molecule has 5 nitrogen and oxygen atoms in total. The van der Waals surface area contributed by atoms with Crippen molar-refractivity contribution in [2.75, 3.05) is 13.7 Å². The first kappa shape index (κ1) is 25.4. The van der Waals surface area contributed by atoms with Crippen molar-refractivity contribution in [3.8, 4) is 5.75 Å². The Balaban J connectivity index is 1.62. The van der Waals surface area contributed by atoms with Gasteiger partial charge in [0.2, 0.25) is 5.91 Å². The number of nitrogens with zero attached hydrogens (tertiary/aromatic N) is 1. The number of likely N-dealkylation sites (N-methyl/N-ethyl adjacent to an activating group) is 1. The number of benzene rings is 4. The Hall–Kier alpha value is -3.71. The van der Waals surface area contributed by atoms with Crippen LogP contribution >= 0.6 is 15.9 Å². The Morgan fingerprint density at radius 2 is 1.64 bits per heavy atom. The zero-order valence-electron chi connectivity index (χ0n) is 19.8. The van der Waals surface area contributed by atoms with Crippen molar-refractivity contribution in [2.45, 2.75) is 19.0 Å². The predicted molar refractivity (Wildman–Crippen MR) is 142 cm³/mol. The van der Waals surface area contributed by atoms with Crippen LogP contribution < -0.4 is 10.1 Å². The molecule has 0 aromatic heterocycles. The lowest BCUT2D eigenvalue weighted by molar-refractivity contribution is -0.142. The monoisotopic (exact) mass is 548 g/mol. The highest BCUT2D eigenvalue weighted by Crippen LogP contribution is 2.33. The van der Waals surface area contributed by atoms with Gasteiger partial charge in [-0.05, 0) is 44.4 Å². The summed E-state index contributed by atoms with van der Waals surface area (Å²) in [6, 6.07) is 26.3. The van der Waals surface area contributed by atoms with E-state index in [9.17, 15) is 14.0 Å². The lowest BCUT2D eigenvalue weighted by atomic mass is 10.0. The van der Waals surface area contributed by atoms with Crippen LogP contribution in [0.3, 0.4) is 0 Å². The number of amides is 2. The van der Waals surface area contributed by atoms with E-state index in [0.717, 1.165) is 20.8 Å². The smallest absolute Gasteiger partial charge is 0.261 e. The highest BCUT2D eigenvalue weighted by Gasteiger charge is 2.30. The lowest BCUT2D eigenvalue weighted by Gasteiger charge is -2.31.